The first-order valence-electron chi connectivity index (χ1n) is 6.62. The van der Waals surface area contributed by atoms with Crippen molar-refractivity contribution in [3.63, 3.8) is 0 Å². The van der Waals surface area contributed by atoms with Crippen molar-refractivity contribution in [2.45, 2.75) is 39.6 Å². The van der Waals surface area contributed by atoms with Crippen LogP contribution in [0.1, 0.15) is 30.1 Å². The van der Waals surface area contributed by atoms with Gasteiger partial charge in [0.2, 0.25) is 0 Å². The fraction of sp³-hybridized carbons (Fsp3) is 0.400. The van der Waals surface area contributed by atoms with Crippen molar-refractivity contribution in [2.75, 3.05) is 0 Å². The van der Waals surface area contributed by atoms with Gasteiger partial charge < -0.3 is 10.1 Å². The second-order valence-electron chi connectivity index (χ2n) is 4.89. The van der Waals surface area contributed by atoms with E-state index in [1.54, 1.807) is 11.3 Å². The van der Waals surface area contributed by atoms with Gasteiger partial charge in [-0.15, -0.1) is 11.3 Å². The maximum Gasteiger partial charge on any atom is 0.107 e. The SMILES string of the molecule is CC(C)NCc1nc(COCc2cccc(Br)c2)cs1. The topological polar surface area (TPSA) is 34.2 Å². The summed E-state index contributed by atoms with van der Waals surface area (Å²) in [5.41, 5.74) is 2.17. The molecule has 1 N–H and O–H groups in total. The predicted octanol–water partition coefficient (Wildman–Crippen LogP) is 4.12. The molecule has 108 valence electrons. The normalized spacial score (nSPS) is 11.2. The molecule has 0 aliphatic heterocycles. The lowest BCUT2D eigenvalue weighted by Crippen LogP contribution is -2.21. The Hall–Kier alpha value is -0.750. The first kappa shape index (κ1) is 15.6. The molecule has 1 heterocycles. The number of nitrogens with zero attached hydrogens (tertiary/aromatic N) is 1. The van der Waals surface area contributed by atoms with Crippen LogP contribution in [0.25, 0.3) is 0 Å². The summed E-state index contributed by atoms with van der Waals surface area (Å²) in [5, 5.41) is 6.54. The summed E-state index contributed by atoms with van der Waals surface area (Å²) in [5.74, 6) is 0. The van der Waals surface area contributed by atoms with Gasteiger partial charge in [-0.05, 0) is 17.7 Å². The number of aromatic nitrogens is 1. The van der Waals surface area contributed by atoms with Crippen molar-refractivity contribution in [3.8, 4) is 0 Å². The zero-order valence-electron chi connectivity index (χ0n) is 11.7. The number of halogens is 1. The average Bonchev–Trinajstić information content (AvgIpc) is 2.84. The molecule has 0 amide bonds. The van der Waals surface area contributed by atoms with Crippen LogP contribution in [0.15, 0.2) is 34.1 Å². The van der Waals surface area contributed by atoms with E-state index in [0.29, 0.717) is 19.3 Å². The smallest absolute Gasteiger partial charge is 0.107 e. The van der Waals surface area contributed by atoms with E-state index in [-0.39, 0.29) is 0 Å². The van der Waals surface area contributed by atoms with Gasteiger partial charge in [0, 0.05) is 22.4 Å². The highest BCUT2D eigenvalue weighted by Gasteiger charge is 2.03. The maximum absolute atomic E-state index is 5.70. The number of thiazole rings is 1. The fourth-order valence-electron chi connectivity index (χ4n) is 1.69. The Balaban J connectivity index is 1.77. The zero-order chi connectivity index (χ0) is 14.4. The van der Waals surface area contributed by atoms with Crippen molar-refractivity contribution in [2.24, 2.45) is 0 Å². The van der Waals surface area contributed by atoms with Crippen molar-refractivity contribution in [3.05, 3.63) is 50.4 Å². The number of rotatable bonds is 7. The number of benzene rings is 1. The molecule has 3 nitrogen and oxygen atoms in total. The van der Waals surface area contributed by atoms with E-state index in [1.165, 1.54) is 0 Å². The molecule has 0 bridgehead atoms. The van der Waals surface area contributed by atoms with Crippen molar-refractivity contribution >= 4 is 27.3 Å². The van der Waals surface area contributed by atoms with E-state index in [9.17, 15) is 0 Å². The molecular weight excluding hydrogens is 336 g/mol. The summed E-state index contributed by atoms with van der Waals surface area (Å²) in [6.07, 6.45) is 0. The van der Waals surface area contributed by atoms with Crippen LogP contribution in [0.4, 0.5) is 0 Å². The molecule has 0 radical (unpaired) electrons. The highest BCUT2D eigenvalue weighted by molar-refractivity contribution is 9.10. The standard InChI is InChI=1S/C15H19BrN2OS/c1-11(2)17-7-15-18-14(10-20-15)9-19-8-12-4-3-5-13(16)6-12/h3-6,10-11,17H,7-9H2,1-2H3. The predicted molar refractivity (Wildman–Crippen MR) is 86.7 cm³/mol. The summed E-state index contributed by atoms with van der Waals surface area (Å²) in [6.45, 7) is 6.26. The van der Waals surface area contributed by atoms with Crippen LogP contribution in [0.5, 0.6) is 0 Å². The number of nitrogens with one attached hydrogen (secondary N) is 1. The lowest BCUT2D eigenvalue weighted by molar-refractivity contribution is 0.105. The Labute approximate surface area is 132 Å². The van der Waals surface area contributed by atoms with Crippen LogP contribution >= 0.6 is 27.3 Å². The summed E-state index contributed by atoms with van der Waals surface area (Å²) in [6, 6.07) is 8.64. The molecule has 5 heteroatoms. The molecular formula is C15H19BrN2OS. The van der Waals surface area contributed by atoms with Gasteiger partial charge in [0.25, 0.3) is 0 Å². The Kier molecular flexibility index (Phi) is 6.16. The number of hydrogen-bond donors (Lipinski definition) is 1. The molecule has 0 atom stereocenters. The molecule has 0 saturated heterocycles. The van der Waals surface area contributed by atoms with E-state index >= 15 is 0 Å². The summed E-state index contributed by atoms with van der Waals surface area (Å²) < 4.78 is 6.78. The molecule has 0 unspecified atom stereocenters. The van der Waals surface area contributed by atoms with Gasteiger partial charge in [-0.3, -0.25) is 0 Å². The monoisotopic (exact) mass is 354 g/mol. The highest BCUT2D eigenvalue weighted by atomic mass is 79.9. The van der Waals surface area contributed by atoms with Crippen LogP contribution < -0.4 is 5.32 Å². The molecule has 20 heavy (non-hydrogen) atoms. The number of ether oxygens (including phenoxy) is 1. The largest absolute Gasteiger partial charge is 0.370 e. The van der Waals surface area contributed by atoms with Gasteiger partial charge in [-0.25, -0.2) is 4.98 Å². The van der Waals surface area contributed by atoms with E-state index < -0.39 is 0 Å². The highest BCUT2D eigenvalue weighted by Crippen LogP contribution is 2.14. The van der Waals surface area contributed by atoms with Crippen LogP contribution in [-0.2, 0) is 24.5 Å². The van der Waals surface area contributed by atoms with Gasteiger partial charge in [-0.1, -0.05) is 41.9 Å². The van der Waals surface area contributed by atoms with Crippen molar-refractivity contribution in [1.29, 1.82) is 0 Å². The molecule has 2 aromatic rings. The molecule has 2 rings (SSSR count). The third-order valence-electron chi connectivity index (χ3n) is 2.67. The molecule has 0 saturated carbocycles. The van der Waals surface area contributed by atoms with Gasteiger partial charge in [-0.2, -0.15) is 0 Å². The maximum atomic E-state index is 5.70. The zero-order valence-corrected chi connectivity index (χ0v) is 14.1. The average molecular weight is 355 g/mol. The second kappa shape index (κ2) is 7.88. The molecule has 0 aliphatic rings. The third kappa shape index (κ3) is 5.32. The first-order chi connectivity index (χ1) is 9.63. The van der Waals surface area contributed by atoms with Crippen LogP contribution in [0, 0.1) is 0 Å². The summed E-state index contributed by atoms with van der Waals surface area (Å²) in [4.78, 5) is 4.55. The third-order valence-corrected chi connectivity index (χ3v) is 4.06. The number of hydrogen-bond acceptors (Lipinski definition) is 4. The van der Waals surface area contributed by atoms with Crippen LogP contribution in [0.2, 0.25) is 0 Å². The fourth-order valence-corrected chi connectivity index (χ4v) is 2.86. The van der Waals surface area contributed by atoms with E-state index in [2.05, 4.69) is 57.6 Å². The van der Waals surface area contributed by atoms with Gasteiger partial charge in [0.15, 0.2) is 0 Å². The molecule has 0 fully saturated rings. The van der Waals surface area contributed by atoms with Crippen molar-refractivity contribution < 1.29 is 4.74 Å². The minimum atomic E-state index is 0.482. The van der Waals surface area contributed by atoms with Gasteiger partial charge >= 0.3 is 0 Å². The quantitative estimate of drug-likeness (QED) is 0.811. The Morgan fingerprint density at radius 1 is 1.35 bits per heavy atom. The Bertz CT molecular complexity index is 542. The minimum absolute atomic E-state index is 0.482. The molecule has 1 aromatic carbocycles. The first-order valence-corrected chi connectivity index (χ1v) is 8.29. The van der Waals surface area contributed by atoms with E-state index in [1.807, 2.05) is 12.1 Å². The van der Waals surface area contributed by atoms with Gasteiger partial charge in [0.1, 0.15) is 5.01 Å². The second-order valence-corrected chi connectivity index (χ2v) is 6.75. The van der Waals surface area contributed by atoms with Crippen LogP contribution in [-0.4, -0.2) is 11.0 Å². The molecule has 0 aliphatic carbocycles. The lowest BCUT2D eigenvalue weighted by atomic mass is 10.2. The van der Waals surface area contributed by atoms with E-state index in [0.717, 1.165) is 27.3 Å². The summed E-state index contributed by atoms with van der Waals surface area (Å²) >= 11 is 5.14. The minimum Gasteiger partial charge on any atom is -0.370 e. The van der Waals surface area contributed by atoms with Gasteiger partial charge in [0.05, 0.1) is 18.9 Å². The van der Waals surface area contributed by atoms with E-state index in [4.69, 9.17) is 4.74 Å². The lowest BCUT2D eigenvalue weighted by Gasteiger charge is -2.05. The van der Waals surface area contributed by atoms with Crippen molar-refractivity contribution in [1.82, 2.24) is 10.3 Å². The Morgan fingerprint density at radius 3 is 2.95 bits per heavy atom. The Morgan fingerprint density at radius 2 is 2.20 bits per heavy atom. The molecule has 1 aromatic heterocycles. The van der Waals surface area contributed by atoms with Crippen LogP contribution in [0.3, 0.4) is 0 Å². The molecule has 0 spiro atoms. The summed E-state index contributed by atoms with van der Waals surface area (Å²) in [7, 11) is 0.